The van der Waals surface area contributed by atoms with Gasteiger partial charge >= 0.3 is 0 Å². The zero-order valence-corrected chi connectivity index (χ0v) is 26.8. The van der Waals surface area contributed by atoms with Gasteiger partial charge in [-0.05, 0) is 71.8 Å². The van der Waals surface area contributed by atoms with Gasteiger partial charge in [0, 0.05) is 55.5 Å². The lowest BCUT2D eigenvalue weighted by molar-refractivity contribution is -0.116. The van der Waals surface area contributed by atoms with Gasteiger partial charge in [0.2, 0.25) is 11.8 Å². The van der Waals surface area contributed by atoms with E-state index in [1.165, 1.54) is 0 Å². The highest BCUT2D eigenvalue weighted by Crippen LogP contribution is 2.46. The van der Waals surface area contributed by atoms with Crippen LogP contribution < -0.4 is 26.8 Å². The van der Waals surface area contributed by atoms with Crippen molar-refractivity contribution in [1.29, 1.82) is 0 Å². The normalized spacial score (nSPS) is 17.8. The number of nitrogens with one attached hydrogen (secondary N) is 5. The Morgan fingerprint density at radius 1 is 0.674 bits per heavy atom. The van der Waals surface area contributed by atoms with E-state index in [1.54, 1.807) is 11.8 Å². The molecule has 0 aromatic heterocycles. The van der Waals surface area contributed by atoms with Crippen LogP contribution in [0.4, 0.5) is 22.7 Å². The number of fused-ring (bicyclic) bond motifs is 2. The summed E-state index contributed by atoms with van der Waals surface area (Å²) in [5.74, 6) is -0.254. The van der Waals surface area contributed by atoms with Crippen LogP contribution in [-0.2, 0) is 9.59 Å². The van der Waals surface area contributed by atoms with E-state index in [4.69, 9.17) is 23.2 Å². The molecular weight excluding hydrogens is 641 g/mol. The van der Waals surface area contributed by atoms with Gasteiger partial charge in [-0.1, -0.05) is 59.2 Å². The SMILES string of the molecule is O=C(CC1=NNC(c2ccc(Cl)cc2)C1)Nc1ccc2c(c1)Sc1cc(NC(=O)CC3=NNC(c4ccc(Cl)cc4)C3)ccc1N2. The number of hydrazone groups is 2. The summed E-state index contributed by atoms with van der Waals surface area (Å²) in [5.41, 5.74) is 13.3. The summed E-state index contributed by atoms with van der Waals surface area (Å²) < 4.78 is 0. The summed E-state index contributed by atoms with van der Waals surface area (Å²) in [4.78, 5) is 27.7. The Morgan fingerprint density at radius 2 is 1.11 bits per heavy atom. The van der Waals surface area contributed by atoms with Crippen molar-refractivity contribution in [3.05, 3.63) is 106 Å². The van der Waals surface area contributed by atoms with Crippen LogP contribution in [0.2, 0.25) is 10.0 Å². The van der Waals surface area contributed by atoms with E-state index < -0.39 is 0 Å². The summed E-state index contributed by atoms with van der Waals surface area (Å²) in [7, 11) is 0. The van der Waals surface area contributed by atoms with Gasteiger partial charge in [-0.25, -0.2) is 0 Å². The summed E-state index contributed by atoms with van der Waals surface area (Å²) in [5, 5.41) is 19.6. The molecule has 0 saturated carbocycles. The summed E-state index contributed by atoms with van der Waals surface area (Å²) >= 11 is 13.6. The van der Waals surface area contributed by atoms with E-state index in [9.17, 15) is 9.59 Å². The largest absolute Gasteiger partial charge is 0.354 e. The molecule has 9 nitrogen and oxygen atoms in total. The molecule has 4 aromatic rings. The number of carbonyl (C=O) groups excluding carboxylic acids is 2. The first kappa shape index (κ1) is 30.2. The molecule has 0 spiro atoms. The van der Waals surface area contributed by atoms with Crippen LogP contribution >= 0.6 is 35.0 Å². The molecule has 3 aliphatic heterocycles. The molecule has 3 heterocycles. The average Bonchev–Trinajstić information content (AvgIpc) is 3.70. The monoisotopic (exact) mass is 669 g/mol. The fraction of sp³-hybridized carbons (Fsp3) is 0.176. The quantitative estimate of drug-likeness (QED) is 0.114. The van der Waals surface area contributed by atoms with Gasteiger partial charge in [0.15, 0.2) is 0 Å². The summed E-state index contributed by atoms with van der Waals surface area (Å²) in [6.07, 6.45) is 1.72. The van der Waals surface area contributed by atoms with Crippen LogP contribution in [0.5, 0.6) is 0 Å². The fourth-order valence-electron chi connectivity index (χ4n) is 5.61. The zero-order chi connectivity index (χ0) is 31.6. The van der Waals surface area contributed by atoms with E-state index >= 15 is 0 Å². The number of carbonyl (C=O) groups is 2. The molecule has 3 aliphatic rings. The minimum absolute atomic E-state index is 0.0296. The van der Waals surface area contributed by atoms with Crippen LogP contribution in [0.1, 0.15) is 48.9 Å². The van der Waals surface area contributed by atoms with Crippen molar-refractivity contribution in [2.45, 2.75) is 47.6 Å². The first-order chi connectivity index (χ1) is 22.3. The first-order valence-corrected chi connectivity index (χ1v) is 16.4. The summed E-state index contributed by atoms with van der Waals surface area (Å²) in [6.45, 7) is 0. The van der Waals surface area contributed by atoms with E-state index in [0.29, 0.717) is 34.3 Å². The lowest BCUT2D eigenvalue weighted by atomic mass is 10.0. The predicted octanol–water partition coefficient (Wildman–Crippen LogP) is 8.04. The van der Waals surface area contributed by atoms with Gasteiger partial charge < -0.3 is 26.8 Å². The molecule has 46 heavy (non-hydrogen) atoms. The Labute approximate surface area is 280 Å². The third-order valence-electron chi connectivity index (χ3n) is 7.93. The van der Waals surface area contributed by atoms with Crippen LogP contribution in [0, 0.1) is 0 Å². The zero-order valence-electron chi connectivity index (χ0n) is 24.4. The Kier molecular flexibility index (Phi) is 8.57. The minimum Gasteiger partial charge on any atom is -0.354 e. The number of halogens is 2. The van der Waals surface area contributed by atoms with E-state index in [-0.39, 0.29) is 36.7 Å². The predicted molar refractivity (Wildman–Crippen MR) is 186 cm³/mol. The van der Waals surface area contributed by atoms with Crippen molar-refractivity contribution in [2.24, 2.45) is 10.2 Å². The van der Waals surface area contributed by atoms with Gasteiger partial charge in [0.25, 0.3) is 0 Å². The number of hydrogen-bond acceptors (Lipinski definition) is 8. The number of anilines is 4. The van der Waals surface area contributed by atoms with Crippen molar-refractivity contribution in [2.75, 3.05) is 16.0 Å². The maximum absolute atomic E-state index is 12.9. The topological polar surface area (TPSA) is 119 Å². The lowest BCUT2D eigenvalue weighted by Crippen LogP contribution is -2.16. The second-order valence-corrected chi connectivity index (χ2v) is 13.3. The second kappa shape index (κ2) is 13.1. The van der Waals surface area contributed by atoms with E-state index in [2.05, 4.69) is 37.0 Å². The van der Waals surface area contributed by atoms with Crippen LogP contribution in [0.15, 0.2) is 105 Å². The Hall–Kier alpha value is -4.51. The van der Waals surface area contributed by atoms with Crippen molar-refractivity contribution >= 4 is 81.0 Å². The molecular formula is C34H29Cl2N7O2S. The molecule has 2 atom stereocenters. The number of hydrogen-bond donors (Lipinski definition) is 5. The molecule has 2 amide bonds. The van der Waals surface area contributed by atoms with Crippen molar-refractivity contribution in [1.82, 2.24) is 10.9 Å². The first-order valence-electron chi connectivity index (χ1n) is 14.8. The van der Waals surface area contributed by atoms with Gasteiger partial charge in [-0.2, -0.15) is 10.2 Å². The van der Waals surface area contributed by atoms with Gasteiger partial charge in [0.1, 0.15) is 0 Å². The Morgan fingerprint density at radius 3 is 1.54 bits per heavy atom. The van der Waals surface area contributed by atoms with E-state index in [1.807, 2.05) is 84.9 Å². The number of amides is 2. The smallest absolute Gasteiger partial charge is 0.230 e. The minimum atomic E-state index is -0.127. The lowest BCUT2D eigenvalue weighted by Gasteiger charge is -2.22. The molecule has 0 bridgehead atoms. The maximum atomic E-state index is 12.9. The Balaban J connectivity index is 0.923. The summed E-state index contributed by atoms with van der Waals surface area (Å²) in [6, 6.07) is 26.9. The Bertz CT molecular complexity index is 1740. The van der Waals surface area contributed by atoms with Crippen LogP contribution in [0.25, 0.3) is 0 Å². The molecule has 0 saturated heterocycles. The molecule has 5 N–H and O–H groups in total. The molecule has 2 unspecified atom stereocenters. The molecule has 7 rings (SSSR count). The van der Waals surface area contributed by atoms with Crippen molar-refractivity contribution < 1.29 is 9.59 Å². The molecule has 0 aliphatic carbocycles. The molecule has 4 aromatic carbocycles. The fourth-order valence-corrected chi connectivity index (χ4v) is 6.93. The van der Waals surface area contributed by atoms with Crippen molar-refractivity contribution in [3.8, 4) is 0 Å². The molecule has 232 valence electrons. The third kappa shape index (κ3) is 6.99. The standard InChI is InChI=1S/C34H29Cl2N7O2S/c35-21-5-1-19(2-6-21)29-13-25(40-42-29)17-33(44)37-23-9-11-27-31(15-23)46-32-16-24(10-12-28(32)39-27)38-34(45)18-26-14-30(43-41-26)20-3-7-22(36)8-4-20/h1-12,15-16,29-30,39,42-43H,13-14,17-18H2,(H,37,44)(H,38,45). The third-order valence-corrected chi connectivity index (χ3v) is 9.55. The van der Waals surface area contributed by atoms with Gasteiger partial charge in [0.05, 0.1) is 36.3 Å². The van der Waals surface area contributed by atoms with Crippen LogP contribution in [0.3, 0.4) is 0 Å². The number of nitrogens with zero attached hydrogens (tertiary/aromatic N) is 2. The van der Waals surface area contributed by atoms with Gasteiger partial charge in [-0.15, -0.1) is 0 Å². The highest BCUT2D eigenvalue weighted by atomic mass is 35.5. The molecule has 0 radical (unpaired) electrons. The molecule has 12 heteroatoms. The number of benzene rings is 4. The maximum Gasteiger partial charge on any atom is 0.230 e. The highest BCUT2D eigenvalue weighted by Gasteiger charge is 2.24. The van der Waals surface area contributed by atoms with E-state index in [0.717, 1.165) is 43.7 Å². The van der Waals surface area contributed by atoms with Crippen molar-refractivity contribution in [3.63, 3.8) is 0 Å². The number of rotatable bonds is 8. The average molecular weight is 671 g/mol. The second-order valence-electron chi connectivity index (χ2n) is 11.3. The van der Waals surface area contributed by atoms with Gasteiger partial charge in [-0.3, -0.25) is 9.59 Å². The highest BCUT2D eigenvalue weighted by molar-refractivity contribution is 7.99. The molecule has 0 fully saturated rings. The van der Waals surface area contributed by atoms with Crippen LogP contribution in [-0.4, -0.2) is 23.2 Å².